The van der Waals surface area contributed by atoms with E-state index in [0.29, 0.717) is 4.88 Å². The summed E-state index contributed by atoms with van der Waals surface area (Å²) in [6.45, 7) is 3.96. The van der Waals surface area contributed by atoms with Gasteiger partial charge in [0.05, 0.1) is 11.7 Å². The highest BCUT2D eigenvalue weighted by atomic mass is 32.1. The second kappa shape index (κ2) is 6.77. The van der Waals surface area contributed by atoms with Crippen LogP contribution in [0.4, 0.5) is 0 Å². The molecule has 0 aliphatic carbocycles. The molecule has 2 aromatic heterocycles. The van der Waals surface area contributed by atoms with Crippen molar-refractivity contribution in [1.82, 2.24) is 14.7 Å². The van der Waals surface area contributed by atoms with Gasteiger partial charge in [0.15, 0.2) is 4.96 Å². The minimum atomic E-state index is -0.0596. The van der Waals surface area contributed by atoms with Gasteiger partial charge in [-0.15, -0.1) is 0 Å². The quantitative estimate of drug-likeness (QED) is 0.564. The van der Waals surface area contributed by atoms with Crippen LogP contribution in [0, 0.1) is 6.92 Å². The number of carbonyl (C=O) groups is 1. The van der Waals surface area contributed by atoms with E-state index in [1.807, 2.05) is 85.1 Å². The number of hydrogen-bond acceptors (Lipinski definition) is 3. The van der Waals surface area contributed by atoms with Crippen LogP contribution in [-0.2, 0) is 0 Å². The second-order valence-corrected chi connectivity index (χ2v) is 7.24. The molecule has 4 rings (SSSR count). The Morgan fingerprint density at radius 3 is 2.38 bits per heavy atom. The van der Waals surface area contributed by atoms with Crippen molar-refractivity contribution >= 4 is 22.2 Å². The number of carbonyl (C=O) groups excluding carboxylic acids is 1. The van der Waals surface area contributed by atoms with Gasteiger partial charge >= 0.3 is 0 Å². The van der Waals surface area contributed by atoms with E-state index >= 15 is 0 Å². The van der Waals surface area contributed by atoms with Crippen LogP contribution in [0.15, 0.2) is 66.9 Å². The predicted molar refractivity (Wildman–Crippen MR) is 106 cm³/mol. The molecule has 130 valence electrons. The van der Waals surface area contributed by atoms with Gasteiger partial charge in [-0.25, -0.2) is 4.98 Å². The van der Waals surface area contributed by atoms with Gasteiger partial charge in [0.1, 0.15) is 4.88 Å². The second-order valence-electron chi connectivity index (χ2n) is 6.27. The van der Waals surface area contributed by atoms with Gasteiger partial charge < -0.3 is 5.32 Å². The van der Waals surface area contributed by atoms with Gasteiger partial charge in [-0.05, 0) is 19.4 Å². The molecule has 1 N–H and O–H groups in total. The van der Waals surface area contributed by atoms with Crippen molar-refractivity contribution in [2.75, 3.05) is 0 Å². The Labute approximate surface area is 156 Å². The Balaban J connectivity index is 1.60. The normalized spacial score (nSPS) is 12.2. The van der Waals surface area contributed by atoms with Gasteiger partial charge in [-0.3, -0.25) is 9.20 Å². The summed E-state index contributed by atoms with van der Waals surface area (Å²) in [5.41, 5.74) is 4.00. The highest BCUT2D eigenvalue weighted by Gasteiger charge is 2.19. The molecule has 5 heteroatoms. The zero-order valence-corrected chi connectivity index (χ0v) is 15.5. The van der Waals surface area contributed by atoms with E-state index in [0.717, 1.165) is 27.5 Å². The summed E-state index contributed by atoms with van der Waals surface area (Å²) in [6, 6.07) is 20.0. The van der Waals surface area contributed by atoms with Crippen molar-refractivity contribution in [2.45, 2.75) is 19.9 Å². The van der Waals surface area contributed by atoms with E-state index in [4.69, 9.17) is 0 Å². The molecule has 0 aliphatic rings. The third-order valence-corrected chi connectivity index (χ3v) is 5.64. The van der Waals surface area contributed by atoms with Gasteiger partial charge in [0.25, 0.3) is 5.91 Å². The van der Waals surface area contributed by atoms with Crippen LogP contribution in [0.1, 0.15) is 33.9 Å². The Hall–Kier alpha value is -2.92. The third kappa shape index (κ3) is 3.02. The molecule has 0 bridgehead atoms. The van der Waals surface area contributed by atoms with E-state index in [-0.39, 0.29) is 11.9 Å². The van der Waals surface area contributed by atoms with Gasteiger partial charge in [-0.2, -0.15) is 0 Å². The number of benzene rings is 2. The van der Waals surface area contributed by atoms with Crippen molar-refractivity contribution in [3.05, 3.63) is 83.0 Å². The van der Waals surface area contributed by atoms with Crippen molar-refractivity contribution in [3.8, 4) is 11.3 Å². The summed E-state index contributed by atoms with van der Waals surface area (Å²) < 4.78 is 2.00. The highest BCUT2D eigenvalue weighted by molar-refractivity contribution is 7.19. The first-order valence-electron chi connectivity index (χ1n) is 8.53. The monoisotopic (exact) mass is 361 g/mol. The molecule has 26 heavy (non-hydrogen) atoms. The lowest BCUT2D eigenvalue weighted by molar-refractivity contribution is 0.0943. The van der Waals surface area contributed by atoms with Crippen LogP contribution in [0.5, 0.6) is 0 Å². The number of thiazole rings is 1. The molecule has 4 aromatic rings. The number of amides is 1. The summed E-state index contributed by atoms with van der Waals surface area (Å²) in [5, 5.41) is 3.08. The fourth-order valence-corrected chi connectivity index (χ4v) is 4.01. The van der Waals surface area contributed by atoms with Crippen molar-refractivity contribution < 1.29 is 4.79 Å². The number of rotatable bonds is 4. The molecule has 1 atom stereocenters. The molecule has 1 amide bonds. The molecule has 0 unspecified atom stereocenters. The van der Waals surface area contributed by atoms with Crippen LogP contribution in [-0.4, -0.2) is 15.3 Å². The summed E-state index contributed by atoms with van der Waals surface area (Å²) >= 11 is 1.42. The fourth-order valence-electron chi connectivity index (χ4n) is 3.00. The average molecular weight is 361 g/mol. The molecule has 0 spiro atoms. The number of fused-ring (bicyclic) bond motifs is 1. The van der Waals surface area contributed by atoms with E-state index in [1.165, 1.54) is 11.3 Å². The summed E-state index contributed by atoms with van der Waals surface area (Å²) in [7, 11) is 0. The molecule has 2 heterocycles. The van der Waals surface area contributed by atoms with Gasteiger partial charge in [0, 0.05) is 17.5 Å². The molecule has 0 radical (unpaired) electrons. The standard InChI is InChI=1S/C21H19N3OS/c1-14(16-9-5-3-6-10-16)22-20(25)19-15(2)24-13-18(23-21(24)26-19)17-11-7-4-8-12-17/h3-14H,1-2H3,(H,22,25)/t14-/m1/s1. The Morgan fingerprint density at radius 1 is 1.08 bits per heavy atom. The zero-order valence-electron chi connectivity index (χ0n) is 14.6. The number of imidazole rings is 1. The SMILES string of the molecule is Cc1c(C(=O)N[C@H](C)c2ccccc2)sc2nc(-c3ccccc3)cn12. The van der Waals surface area contributed by atoms with Crippen molar-refractivity contribution in [1.29, 1.82) is 0 Å². The number of hydrogen-bond donors (Lipinski definition) is 1. The van der Waals surface area contributed by atoms with Crippen LogP contribution in [0.25, 0.3) is 16.2 Å². The Bertz CT molecular complexity index is 1050. The summed E-state index contributed by atoms with van der Waals surface area (Å²) in [6.07, 6.45) is 1.99. The predicted octanol–water partition coefficient (Wildman–Crippen LogP) is 4.86. The Morgan fingerprint density at radius 2 is 1.73 bits per heavy atom. The van der Waals surface area contributed by atoms with E-state index in [9.17, 15) is 4.79 Å². The summed E-state index contributed by atoms with van der Waals surface area (Å²) in [4.78, 5) is 19.0. The molecule has 4 nitrogen and oxygen atoms in total. The lowest BCUT2D eigenvalue weighted by Gasteiger charge is -2.13. The maximum Gasteiger partial charge on any atom is 0.263 e. The topological polar surface area (TPSA) is 46.4 Å². The zero-order chi connectivity index (χ0) is 18.1. The molecule has 0 saturated carbocycles. The summed E-state index contributed by atoms with van der Waals surface area (Å²) in [5.74, 6) is -0.0596. The first kappa shape index (κ1) is 16.5. The van der Waals surface area contributed by atoms with E-state index in [1.54, 1.807) is 0 Å². The largest absolute Gasteiger partial charge is 0.345 e. The maximum absolute atomic E-state index is 12.7. The lowest BCUT2D eigenvalue weighted by atomic mass is 10.1. The van der Waals surface area contributed by atoms with Crippen LogP contribution >= 0.6 is 11.3 Å². The molecular weight excluding hydrogens is 342 g/mol. The number of nitrogens with zero attached hydrogens (tertiary/aromatic N) is 2. The molecule has 2 aromatic carbocycles. The third-order valence-electron chi connectivity index (χ3n) is 4.48. The maximum atomic E-state index is 12.7. The molecule has 0 saturated heterocycles. The van der Waals surface area contributed by atoms with Crippen LogP contribution < -0.4 is 5.32 Å². The number of aryl methyl sites for hydroxylation is 1. The smallest absolute Gasteiger partial charge is 0.263 e. The van der Waals surface area contributed by atoms with Crippen LogP contribution in [0.3, 0.4) is 0 Å². The Kier molecular flexibility index (Phi) is 4.31. The van der Waals surface area contributed by atoms with Crippen molar-refractivity contribution in [2.24, 2.45) is 0 Å². The van der Waals surface area contributed by atoms with Gasteiger partial charge in [0.2, 0.25) is 0 Å². The fraction of sp³-hybridized carbons (Fsp3) is 0.143. The van der Waals surface area contributed by atoms with E-state index < -0.39 is 0 Å². The molecule has 0 fully saturated rings. The molecular formula is C21H19N3OS. The number of aromatic nitrogens is 2. The minimum absolute atomic E-state index is 0.0441. The average Bonchev–Trinajstić information content (AvgIpc) is 3.23. The number of nitrogens with one attached hydrogen (secondary N) is 1. The van der Waals surface area contributed by atoms with E-state index in [2.05, 4.69) is 10.3 Å². The van der Waals surface area contributed by atoms with Gasteiger partial charge in [-0.1, -0.05) is 72.0 Å². The highest BCUT2D eigenvalue weighted by Crippen LogP contribution is 2.27. The lowest BCUT2D eigenvalue weighted by Crippen LogP contribution is -2.26. The molecule has 0 aliphatic heterocycles. The first-order chi connectivity index (χ1) is 12.6. The van der Waals surface area contributed by atoms with Crippen molar-refractivity contribution in [3.63, 3.8) is 0 Å². The minimum Gasteiger partial charge on any atom is -0.345 e. The first-order valence-corrected chi connectivity index (χ1v) is 9.35. The van der Waals surface area contributed by atoms with Crippen LogP contribution in [0.2, 0.25) is 0 Å².